The van der Waals surface area contributed by atoms with Gasteiger partial charge in [-0.25, -0.2) is 0 Å². The Bertz CT molecular complexity index is 244. The van der Waals surface area contributed by atoms with Gasteiger partial charge in [0.2, 0.25) is 0 Å². The van der Waals surface area contributed by atoms with Gasteiger partial charge in [-0.2, -0.15) is 5.10 Å². The molecule has 0 fully saturated rings. The number of nitrogen functional groups attached to an aromatic ring is 1. The number of nitrogens with zero attached hydrogens (tertiary/aromatic N) is 2. The minimum Gasteiger partial charge on any atom is -0.382 e. The Morgan fingerprint density at radius 1 is 1.67 bits per heavy atom. The van der Waals surface area contributed by atoms with Crippen LogP contribution in [0, 0.1) is 6.92 Å². The molecule has 0 spiro atoms. The molecule has 0 aliphatic carbocycles. The van der Waals surface area contributed by atoms with Gasteiger partial charge in [-0.1, -0.05) is 0 Å². The molecule has 0 saturated carbocycles. The van der Waals surface area contributed by atoms with Gasteiger partial charge in [0.05, 0.1) is 13.2 Å². The fourth-order valence-corrected chi connectivity index (χ4v) is 1.06. The van der Waals surface area contributed by atoms with Crippen molar-refractivity contribution in [2.75, 3.05) is 18.9 Å². The molecule has 1 aromatic rings. The lowest BCUT2D eigenvalue weighted by Gasteiger charge is -2.03. The summed E-state index contributed by atoms with van der Waals surface area (Å²) in [6.45, 7) is 6.17. The Balaban J connectivity index is 2.45. The molecular weight excluding hydrogens is 154 g/mol. The predicted molar refractivity (Wildman–Crippen MR) is 47.9 cm³/mol. The topological polar surface area (TPSA) is 53.1 Å². The largest absolute Gasteiger partial charge is 0.382 e. The van der Waals surface area contributed by atoms with E-state index in [4.69, 9.17) is 10.5 Å². The van der Waals surface area contributed by atoms with Crippen molar-refractivity contribution >= 4 is 5.82 Å². The fraction of sp³-hybridized carbons (Fsp3) is 0.625. The van der Waals surface area contributed by atoms with Gasteiger partial charge in [0.1, 0.15) is 5.82 Å². The molecule has 0 bridgehead atoms. The third-order valence-corrected chi connectivity index (χ3v) is 1.65. The van der Waals surface area contributed by atoms with E-state index in [1.165, 1.54) is 0 Å². The minimum atomic E-state index is 0.573. The number of hydrogen-bond donors (Lipinski definition) is 1. The quantitative estimate of drug-likeness (QED) is 0.678. The number of aryl methyl sites for hydroxylation is 1. The second kappa shape index (κ2) is 4.11. The molecule has 0 saturated heterocycles. The number of aromatic nitrogens is 2. The molecule has 0 atom stereocenters. The molecule has 68 valence electrons. The monoisotopic (exact) mass is 169 g/mol. The van der Waals surface area contributed by atoms with Crippen LogP contribution in [0.3, 0.4) is 0 Å². The van der Waals surface area contributed by atoms with E-state index in [9.17, 15) is 0 Å². The lowest BCUT2D eigenvalue weighted by Crippen LogP contribution is -2.08. The Morgan fingerprint density at radius 3 is 2.92 bits per heavy atom. The Morgan fingerprint density at radius 2 is 2.42 bits per heavy atom. The molecule has 12 heavy (non-hydrogen) atoms. The number of anilines is 1. The molecule has 0 aliphatic heterocycles. The summed E-state index contributed by atoms with van der Waals surface area (Å²) in [5, 5.41) is 4.10. The van der Waals surface area contributed by atoms with Crippen LogP contribution in [0.1, 0.15) is 12.6 Å². The molecule has 0 aliphatic rings. The summed E-state index contributed by atoms with van der Waals surface area (Å²) in [4.78, 5) is 0. The highest BCUT2D eigenvalue weighted by molar-refractivity contribution is 5.28. The molecule has 1 heterocycles. The van der Waals surface area contributed by atoms with Crippen molar-refractivity contribution in [2.45, 2.75) is 20.4 Å². The van der Waals surface area contributed by atoms with E-state index in [0.29, 0.717) is 12.4 Å². The van der Waals surface area contributed by atoms with E-state index in [2.05, 4.69) is 5.10 Å². The maximum absolute atomic E-state index is 5.51. The molecule has 0 unspecified atom stereocenters. The number of hydrogen-bond acceptors (Lipinski definition) is 3. The highest BCUT2D eigenvalue weighted by Crippen LogP contribution is 2.03. The van der Waals surface area contributed by atoms with Crippen LogP contribution < -0.4 is 5.73 Å². The van der Waals surface area contributed by atoms with Gasteiger partial charge in [0.15, 0.2) is 0 Å². The first-order valence-electron chi connectivity index (χ1n) is 4.11. The highest BCUT2D eigenvalue weighted by atomic mass is 16.5. The lowest BCUT2D eigenvalue weighted by atomic mass is 10.4. The van der Waals surface area contributed by atoms with Crippen LogP contribution in [-0.2, 0) is 11.3 Å². The number of rotatable bonds is 4. The summed E-state index contributed by atoms with van der Waals surface area (Å²) < 4.78 is 7.05. The summed E-state index contributed by atoms with van der Waals surface area (Å²) >= 11 is 0. The van der Waals surface area contributed by atoms with Crippen molar-refractivity contribution in [3.63, 3.8) is 0 Å². The molecule has 0 amide bonds. The van der Waals surface area contributed by atoms with Crippen molar-refractivity contribution in [2.24, 2.45) is 0 Å². The zero-order chi connectivity index (χ0) is 8.97. The molecule has 4 nitrogen and oxygen atoms in total. The Hall–Kier alpha value is -1.03. The van der Waals surface area contributed by atoms with Crippen molar-refractivity contribution < 1.29 is 4.74 Å². The van der Waals surface area contributed by atoms with Crippen LogP contribution in [0.25, 0.3) is 0 Å². The first kappa shape index (κ1) is 9.06. The first-order valence-corrected chi connectivity index (χ1v) is 4.11. The van der Waals surface area contributed by atoms with Crippen LogP contribution in [0.5, 0.6) is 0 Å². The summed E-state index contributed by atoms with van der Waals surface area (Å²) in [6, 6.07) is 1.85. The molecule has 1 rings (SSSR count). The van der Waals surface area contributed by atoms with Gasteiger partial charge in [-0.15, -0.1) is 0 Å². The number of nitrogens with two attached hydrogens (primary N) is 1. The summed E-state index contributed by atoms with van der Waals surface area (Å²) in [7, 11) is 0. The van der Waals surface area contributed by atoms with Crippen molar-refractivity contribution in [1.29, 1.82) is 0 Å². The molecular formula is C8H15N3O. The third kappa shape index (κ3) is 2.23. The molecule has 0 radical (unpaired) electrons. The van der Waals surface area contributed by atoms with Crippen LogP contribution in [-0.4, -0.2) is 23.0 Å². The molecule has 0 aromatic carbocycles. The average molecular weight is 169 g/mol. The van der Waals surface area contributed by atoms with Gasteiger partial charge >= 0.3 is 0 Å². The Kier molecular flexibility index (Phi) is 3.10. The zero-order valence-electron chi connectivity index (χ0n) is 7.58. The van der Waals surface area contributed by atoms with E-state index >= 15 is 0 Å². The molecule has 1 aromatic heterocycles. The molecule has 2 N–H and O–H groups in total. The molecule has 4 heteroatoms. The van der Waals surface area contributed by atoms with E-state index < -0.39 is 0 Å². The number of ether oxygens (including phenoxy) is 1. The fourth-order valence-electron chi connectivity index (χ4n) is 1.06. The van der Waals surface area contributed by atoms with E-state index in [0.717, 1.165) is 18.8 Å². The van der Waals surface area contributed by atoms with Crippen LogP contribution in [0.4, 0.5) is 5.82 Å². The first-order chi connectivity index (χ1) is 5.74. The SMILES string of the molecule is CCOCCn1nc(N)cc1C. The maximum atomic E-state index is 5.51. The standard InChI is InChI=1S/C8H15N3O/c1-3-12-5-4-11-7(2)6-8(9)10-11/h6H,3-5H2,1-2H3,(H2,9,10). The average Bonchev–Trinajstić information content (AvgIpc) is 2.31. The minimum absolute atomic E-state index is 0.573. The lowest BCUT2D eigenvalue weighted by molar-refractivity contribution is 0.136. The van der Waals surface area contributed by atoms with Gasteiger partial charge < -0.3 is 10.5 Å². The second-order valence-electron chi connectivity index (χ2n) is 2.63. The third-order valence-electron chi connectivity index (χ3n) is 1.65. The van der Waals surface area contributed by atoms with Crippen LogP contribution >= 0.6 is 0 Å². The second-order valence-corrected chi connectivity index (χ2v) is 2.63. The van der Waals surface area contributed by atoms with Gasteiger partial charge in [0.25, 0.3) is 0 Å². The van der Waals surface area contributed by atoms with Crippen LogP contribution in [0.15, 0.2) is 6.07 Å². The summed E-state index contributed by atoms with van der Waals surface area (Å²) in [6.07, 6.45) is 0. The zero-order valence-corrected chi connectivity index (χ0v) is 7.58. The van der Waals surface area contributed by atoms with Crippen molar-refractivity contribution in [3.05, 3.63) is 11.8 Å². The Labute approximate surface area is 72.3 Å². The predicted octanol–water partition coefficient (Wildman–Crippen LogP) is 0.810. The summed E-state index contributed by atoms with van der Waals surface area (Å²) in [5.74, 6) is 0.573. The maximum Gasteiger partial charge on any atom is 0.145 e. The highest BCUT2D eigenvalue weighted by Gasteiger charge is 1.99. The van der Waals surface area contributed by atoms with Gasteiger partial charge in [-0.3, -0.25) is 4.68 Å². The van der Waals surface area contributed by atoms with E-state index in [1.54, 1.807) is 0 Å². The summed E-state index contributed by atoms with van der Waals surface area (Å²) in [5.41, 5.74) is 6.59. The van der Waals surface area contributed by atoms with Crippen molar-refractivity contribution in [3.8, 4) is 0 Å². The normalized spacial score (nSPS) is 10.5. The van der Waals surface area contributed by atoms with Gasteiger partial charge in [0, 0.05) is 18.4 Å². The smallest absolute Gasteiger partial charge is 0.145 e. The van der Waals surface area contributed by atoms with E-state index in [-0.39, 0.29) is 0 Å². The van der Waals surface area contributed by atoms with Gasteiger partial charge in [-0.05, 0) is 13.8 Å². The van der Waals surface area contributed by atoms with Crippen molar-refractivity contribution in [1.82, 2.24) is 9.78 Å². The van der Waals surface area contributed by atoms with E-state index in [1.807, 2.05) is 24.6 Å². The van der Waals surface area contributed by atoms with Crippen LogP contribution in [0.2, 0.25) is 0 Å².